The fourth-order valence-electron chi connectivity index (χ4n) is 5.93. The number of phenols is 1. The molecule has 2 aromatic rings. The zero-order chi connectivity index (χ0) is 27.7. The highest BCUT2D eigenvalue weighted by Crippen LogP contribution is 2.52. The van der Waals surface area contributed by atoms with Crippen LogP contribution in [-0.2, 0) is 14.3 Å². The van der Waals surface area contributed by atoms with Crippen molar-refractivity contribution in [2.45, 2.75) is 63.6 Å². The first kappa shape index (κ1) is 25.5. The number of phenolic OH excluding ortho intramolecular Hbond substituents is 1. The summed E-state index contributed by atoms with van der Waals surface area (Å²) in [7, 11) is 0. The molecule has 6 rings (SSSR count). The summed E-state index contributed by atoms with van der Waals surface area (Å²) in [6.45, 7) is 3.49. The van der Waals surface area contributed by atoms with Gasteiger partial charge in [-0.1, -0.05) is 12.1 Å². The van der Waals surface area contributed by atoms with Gasteiger partial charge in [0, 0.05) is 23.1 Å². The average molecular weight is 537 g/mol. The Kier molecular flexibility index (Phi) is 5.99. The van der Waals surface area contributed by atoms with Crippen LogP contribution in [0.2, 0.25) is 0 Å². The maximum atomic E-state index is 14.3. The first-order valence-corrected chi connectivity index (χ1v) is 12.8. The smallest absolute Gasteiger partial charge is 0.331 e. The van der Waals surface area contributed by atoms with Gasteiger partial charge in [-0.25, -0.2) is 4.79 Å². The summed E-state index contributed by atoms with van der Waals surface area (Å²) in [5.41, 5.74) is 6.98. The van der Waals surface area contributed by atoms with Crippen LogP contribution in [0.25, 0.3) is 5.57 Å². The molecule has 204 valence electrons. The zero-order valence-electron chi connectivity index (χ0n) is 21.3. The molecule has 0 radical (unpaired) electrons. The van der Waals surface area contributed by atoms with E-state index >= 15 is 0 Å². The van der Waals surface area contributed by atoms with E-state index in [1.807, 2.05) is 0 Å². The number of ether oxygens (including phenoxy) is 3. The first-order chi connectivity index (χ1) is 18.6. The monoisotopic (exact) mass is 536 g/mol. The molecule has 6 atom stereocenters. The quantitative estimate of drug-likeness (QED) is 0.416. The zero-order valence-corrected chi connectivity index (χ0v) is 21.3. The number of aliphatic hydroxyl groups is 2. The van der Waals surface area contributed by atoms with Crippen LogP contribution in [0.1, 0.15) is 63.4 Å². The number of aliphatic hydroxyl groups excluding tert-OH is 2. The molecule has 2 saturated heterocycles. The van der Waals surface area contributed by atoms with Crippen molar-refractivity contribution in [2.24, 2.45) is 5.73 Å². The fraction of sp³-hybridized carbons (Fsp3) is 0.393. The number of carbonyl (C=O) groups excluding carboxylic acids is 3. The number of ketones is 2. The molecule has 4 aliphatic rings. The van der Waals surface area contributed by atoms with Gasteiger partial charge in [0.2, 0.25) is 18.3 Å². The molecule has 11 heteroatoms. The number of Topliss-reactive ketones (excluding diaryl/α,β-unsaturated/α-hetero) is 2. The number of esters is 1. The van der Waals surface area contributed by atoms with Crippen molar-refractivity contribution in [3.63, 3.8) is 0 Å². The lowest BCUT2D eigenvalue weighted by Crippen LogP contribution is -2.48. The number of nitrogens with zero attached hydrogens (tertiary/aromatic N) is 1. The highest BCUT2D eigenvalue weighted by atomic mass is 16.7. The largest absolute Gasteiger partial charge is 0.507 e. The molecule has 0 aromatic heterocycles. The molecule has 3 heterocycles. The van der Waals surface area contributed by atoms with Gasteiger partial charge in [-0.15, -0.1) is 0 Å². The lowest BCUT2D eigenvalue weighted by Gasteiger charge is -2.39. The Bertz CT molecular complexity index is 1440. The summed E-state index contributed by atoms with van der Waals surface area (Å²) in [4.78, 5) is 42.8. The van der Waals surface area contributed by atoms with E-state index < -0.39 is 54.4 Å². The number of allylic oxidation sites excluding steroid dienone is 2. The summed E-state index contributed by atoms with van der Waals surface area (Å²) in [5, 5.41) is 31.2. The number of aromatic hydroxyl groups is 1. The lowest BCUT2D eigenvalue weighted by atomic mass is 9.78. The Morgan fingerprint density at radius 2 is 1.90 bits per heavy atom. The third kappa shape index (κ3) is 3.76. The minimum atomic E-state index is -1.10. The molecular weight excluding hydrogens is 508 g/mol. The minimum Gasteiger partial charge on any atom is -0.507 e. The molecule has 1 aliphatic carbocycles. The Morgan fingerprint density at radius 1 is 1.13 bits per heavy atom. The predicted molar refractivity (Wildman–Crippen MR) is 135 cm³/mol. The molecule has 39 heavy (non-hydrogen) atoms. The average Bonchev–Trinajstić information content (AvgIpc) is 3.21. The van der Waals surface area contributed by atoms with Gasteiger partial charge >= 0.3 is 5.97 Å². The third-order valence-corrected chi connectivity index (χ3v) is 7.71. The number of benzene rings is 2. The Morgan fingerprint density at radius 3 is 2.62 bits per heavy atom. The molecule has 2 aromatic carbocycles. The highest BCUT2D eigenvalue weighted by Gasteiger charge is 2.53. The van der Waals surface area contributed by atoms with Gasteiger partial charge in [0.25, 0.3) is 0 Å². The fourth-order valence-corrected chi connectivity index (χ4v) is 5.93. The van der Waals surface area contributed by atoms with Crippen molar-refractivity contribution in [2.75, 3.05) is 6.54 Å². The highest BCUT2D eigenvalue weighted by molar-refractivity contribution is 6.41. The van der Waals surface area contributed by atoms with Gasteiger partial charge in [0.1, 0.15) is 29.3 Å². The predicted octanol–water partition coefficient (Wildman–Crippen LogP) is 1.31. The van der Waals surface area contributed by atoms with E-state index in [1.165, 1.54) is 23.1 Å². The Hall–Kier alpha value is -3.77. The van der Waals surface area contributed by atoms with Crippen LogP contribution in [0.15, 0.2) is 36.0 Å². The Balaban J connectivity index is 1.51. The van der Waals surface area contributed by atoms with Crippen LogP contribution < -0.4 is 10.5 Å². The summed E-state index contributed by atoms with van der Waals surface area (Å²) < 4.78 is 17.4. The molecule has 5 N–H and O–H groups in total. The first-order valence-electron chi connectivity index (χ1n) is 12.8. The summed E-state index contributed by atoms with van der Waals surface area (Å²) >= 11 is 0. The Labute approximate surface area is 223 Å². The van der Waals surface area contributed by atoms with Crippen LogP contribution >= 0.6 is 0 Å². The lowest BCUT2D eigenvalue weighted by molar-refractivity contribution is -0.216. The molecule has 0 spiro atoms. The number of rotatable bonds is 4. The van der Waals surface area contributed by atoms with Crippen molar-refractivity contribution in [1.82, 2.24) is 4.90 Å². The minimum absolute atomic E-state index is 0.0187. The van der Waals surface area contributed by atoms with Gasteiger partial charge in [0.05, 0.1) is 23.3 Å². The number of hydrogen-bond donors (Lipinski definition) is 4. The van der Waals surface area contributed by atoms with E-state index in [1.54, 1.807) is 26.0 Å². The normalized spacial score (nSPS) is 29.5. The number of carbonyl (C=O) groups is 3. The van der Waals surface area contributed by atoms with Gasteiger partial charge < -0.3 is 40.2 Å². The summed E-state index contributed by atoms with van der Waals surface area (Å²) in [6.07, 6.45) is -4.81. The second kappa shape index (κ2) is 9.16. The summed E-state index contributed by atoms with van der Waals surface area (Å²) in [5.74, 6) is -1.85. The van der Waals surface area contributed by atoms with Crippen LogP contribution in [0.3, 0.4) is 0 Å². The van der Waals surface area contributed by atoms with Gasteiger partial charge in [0.15, 0.2) is 5.78 Å². The van der Waals surface area contributed by atoms with Crippen molar-refractivity contribution in [1.29, 1.82) is 0 Å². The van der Waals surface area contributed by atoms with Gasteiger partial charge in [-0.3, -0.25) is 9.59 Å². The molecular formula is C28H28N2O9. The molecule has 0 saturated carbocycles. The second-order valence-corrected chi connectivity index (χ2v) is 10.3. The molecule has 2 fully saturated rings. The van der Waals surface area contributed by atoms with Crippen LogP contribution in [0.5, 0.6) is 11.5 Å². The molecule has 3 aliphatic heterocycles. The van der Waals surface area contributed by atoms with Gasteiger partial charge in [-0.2, -0.15) is 0 Å². The van der Waals surface area contributed by atoms with Crippen molar-refractivity contribution in [3.05, 3.63) is 63.8 Å². The summed E-state index contributed by atoms with van der Waals surface area (Å²) in [6, 6.07) is 6.87. The van der Waals surface area contributed by atoms with Crippen LogP contribution in [-0.4, -0.2) is 74.9 Å². The van der Waals surface area contributed by atoms with E-state index in [2.05, 4.69) is 0 Å². The molecule has 0 amide bonds. The van der Waals surface area contributed by atoms with E-state index in [9.17, 15) is 29.7 Å². The number of fused-ring (bicyclic) bond motifs is 6. The SMILES string of the molecule is Cc1cc(O)c2c(c1)[C@H]1OC(=O)[C@H](CCN)N1C1=C2C(=O)c2cccc(O[C@H]3C[C@@H](O)[C@@H](O)[C@H](C)O3)c2C1=O. The molecule has 0 unspecified atom stereocenters. The third-order valence-electron chi connectivity index (χ3n) is 7.71. The van der Waals surface area contributed by atoms with E-state index in [0.29, 0.717) is 11.1 Å². The van der Waals surface area contributed by atoms with Crippen molar-refractivity contribution in [3.8, 4) is 11.5 Å². The van der Waals surface area contributed by atoms with Gasteiger partial charge in [-0.05, 0) is 50.6 Å². The van der Waals surface area contributed by atoms with Crippen molar-refractivity contribution < 1.29 is 43.9 Å². The topological polar surface area (TPSA) is 169 Å². The van der Waals surface area contributed by atoms with E-state index in [-0.39, 0.29) is 58.8 Å². The van der Waals surface area contributed by atoms with Crippen LogP contribution in [0.4, 0.5) is 0 Å². The maximum absolute atomic E-state index is 14.3. The standard InChI is InChI=1S/C28H28N2O9/c1-11-8-14-20(16(31)9-11)22-23(30-15(6-7-29)28(36)39-27(14)30)26(35)21-13(25(22)34)4-3-5-18(21)38-19-10-17(32)24(33)12(2)37-19/h3-5,8-9,12,15,17,19,24,27,31-33H,6-7,10,29H2,1-2H3/t12-,15-,17+,19-,24-,27+/m0/s1. The van der Waals surface area contributed by atoms with E-state index in [4.69, 9.17) is 19.9 Å². The number of aryl methyl sites for hydroxylation is 1. The molecule has 0 bridgehead atoms. The van der Waals surface area contributed by atoms with E-state index in [0.717, 1.165) is 0 Å². The number of hydrogen-bond acceptors (Lipinski definition) is 11. The van der Waals surface area contributed by atoms with Crippen LogP contribution in [0, 0.1) is 6.92 Å². The molecule has 11 nitrogen and oxygen atoms in total. The van der Waals surface area contributed by atoms with Crippen molar-refractivity contribution >= 4 is 23.1 Å². The number of nitrogens with two attached hydrogens (primary N) is 1. The second-order valence-electron chi connectivity index (χ2n) is 10.3. The maximum Gasteiger partial charge on any atom is 0.331 e.